The van der Waals surface area contributed by atoms with Crippen LogP contribution in [0.1, 0.15) is 0 Å². The first-order valence-corrected chi connectivity index (χ1v) is 2.10. The van der Waals surface area contributed by atoms with Gasteiger partial charge >= 0.3 is 61.8 Å². The van der Waals surface area contributed by atoms with E-state index < -0.39 is 10.4 Å². The van der Waals surface area contributed by atoms with E-state index in [-0.39, 0.29) is 68.2 Å². The molecule has 0 bridgehead atoms. The van der Waals surface area contributed by atoms with E-state index in [4.69, 9.17) is 17.5 Å². The molecule has 0 aliphatic rings. The summed E-state index contributed by atoms with van der Waals surface area (Å²) in [5, 5.41) is 0. The zero-order chi connectivity index (χ0) is 4.50. The summed E-state index contributed by atoms with van der Waals surface area (Å²) in [6, 6.07) is 0. The summed E-state index contributed by atoms with van der Waals surface area (Å²) in [7, 11) is -4.67. The van der Waals surface area contributed by atoms with Crippen LogP contribution in [-0.2, 0) is 27.2 Å². The van der Waals surface area contributed by atoms with Crippen molar-refractivity contribution in [2.24, 2.45) is 0 Å². The minimum atomic E-state index is -4.67. The average Bonchev–Trinajstić information content (AvgIpc) is 0.722. The second-order valence-electron chi connectivity index (χ2n) is 0.448. The Balaban J connectivity index is -0.0000000800. The number of rotatable bonds is 0. The quantitative estimate of drug-likeness (QED) is 0.373. The van der Waals surface area contributed by atoms with Gasteiger partial charge in [0.1, 0.15) is 0 Å². The van der Waals surface area contributed by atoms with Crippen LogP contribution in [0.2, 0.25) is 0 Å². The van der Waals surface area contributed by atoms with Crippen molar-refractivity contribution in [3.05, 3.63) is 0 Å². The van der Waals surface area contributed by atoms with E-state index in [1.165, 1.54) is 0 Å². The van der Waals surface area contributed by atoms with E-state index in [2.05, 4.69) is 0 Å². The Morgan fingerprint density at radius 1 is 1.14 bits per heavy atom. The van der Waals surface area contributed by atoms with Gasteiger partial charge in [-0.15, -0.1) is 0 Å². The molecule has 0 aliphatic carbocycles. The Morgan fingerprint density at radius 2 is 1.14 bits per heavy atom. The maximum absolute atomic E-state index is 8.74. The molecule has 1 radical (unpaired) electrons. The summed E-state index contributed by atoms with van der Waals surface area (Å²) >= 11 is 0. The molecule has 7 heavy (non-hydrogen) atoms. The van der Waals surface area contributed by atoms with Crippen molar-refractivity contribution in [3.63, 3.8) is 0 Å². The predicted molar refractivity (Wildman–Crippen MR) is 21.3 cm³/mol. The number of hydrogen-bond acceptors (Lipinski definition) is 2. The first kappa shape index (κ1) is 16.0. The molecule has 0 saturated heterocycles. The van der Waals surface area contributed by atoms with Crippen LogP contribution in [0.3, 0.4) is 0 Å². The fraction of sp³-hybridized carbons (Fsp3) is 0. The first-order chi connectivity index (χ1) is 2.00. The standard InChI is InChI=1S/Co.K.H2O4S.H/c;;1-5(2,3)4;/h;;(H2,1,2,3,4);. The topological polar surface area (TPSA) is 74.6 Å². The second-order valence-corrected chi connectivity index (χ2v) is 1.34. The monoisotopic (exact) mass is 197 g/mol. The van der Waals surface area contributed by atoms with Crippen LogP contribution in [0.4, 0.5) is 0 Å². The van der Waals surface area contributed by atoms with Crippen molar-refractivity contribution in [3.8, 4) is 0 Å². The van der Waals surface area contributed by atoms with Crippen molar-refractivity contribution in [2.75, 3.05) is 0 Å². The van der Waals surface area contributed by atoms with Crippen molar-refractivity contribution < 1.29 is 34.3 Å². The van der Waals surface area contributed by atoms with Crippen LogP contribution in [0.25, 0.3) is 0 Å². The van der Waals surface area contributed by atoms with Gasteiger partial charge in [-0.25, -0.2) is 0 Å². The van der Waals surface area contributed by atoms with E-state index in [1.54, 1.807) is 0 Å². The molecule has 2 N–H and O–H groups in total. The Kier molecular flexibility index (Phi) is 14.0. The first-order valence-electron chi connectivity index (χ1n) is 0.698. The molecule has 0 aromatic carbocycles. The molecule has 0 saturated carbocycles. The van der Waals surface area contributed by atoms with Crippen molar-refractivity contribution in [1.29, 1.82) is 0 Å². The van der Waals surface area contributed by atoms with Crippen LogP contribution in [0.5, 0.6) is 0 Å². The Labute approximate surface area is 94.2 Å². The molecular formula is H3CoKO4S. The molecule has 0 fully saturated rings. The zero-order valence-electron chi connectivity index (χ0n) is 2.45. The van der Waals surface area contributed by atoms with Crippen LogP contribution < -0.4 is 0 Å². The molecule has 43 valence electrons. The zero-order valence-corrected chi connectivity index (χ0v) is 4.31. The van der Waals surface area contributed by atoms with E-state index in [9.17, 15) is 0 Å². The van der Waals surface area contributed by atoms with Gasteiger partial charge < -0.3 is 0 Å². The van der Waals surface area contributed by atoms with Gasteiger partial charge in [-0.05, 0) is 0 Å². The molecule has 4 nitrogen and oxygen atoms in total. The third-order valence-corrected chi connectivity index (χ3v) is 0. The normalized spacial score (nSPS) is 8.29. The summed E-state index contributed by atoms with van der Waals surface area (Å²) in [5.74, 6) is 0. The van der Waals surface area contributed by atoms with Gasteiger partial charge in [-0.3, -0.25) is 9.11 Å². The van der Waals surface area contributed by atoms with Gasteiger partial charge in [0, 0.05) is 16.8 Å². The SMILES string of the molecule is O=S(=O)(O)O.[Co].[KH]. The molecule has 0 amide bonds. The molecule has 0 rings (SSSR count). The van der Waals surface area contributed by atoms with Crippen molar-refractivity contribution >= 4 is 61.8 Å². The summed E-state index contributed by atoms with van der Waals surface area (Å²) in [6.07, 6.45) is 0. The molecular weight excluding hydrogens is 194 g/mol. The third kappa shape index (κ3) is 71.5. The molecule has 0 unspecified atom stereocenters. The minimum absolute atomic E-state index is 0. The van der Waals surface area contributed by atoms with Gasteiger partial charge in [0.2, 0.25) is 0 Å². The molecule has 0 aromatic rings. The van der Waals surface area contributed by atoms with Crippen molar-refractivity contribution in [2.45, 2.75) is 0 Å². The molecule has 7 heteroatoms. The molecule has 0 spiro atoms. The second kappa shape index (κ2) is 6.14. The summed E-state index contributed by atoms with van der Waals surface area (Å²) in [6.45, 7) is 0. The third-order valence-electron chi connectivity index (χ3n) is 0. The van der Waals surface area contributed by atoms with Crippen LogP contribution in [-0.4, -0.2) is 68.9 Å². The van der Waals surface area contributed by atoms with Crippen LogP contribution >= 0.6 is 0 Å². The van der Waals surface area contributed by atoms with E-state index in [1.807, 2.05) is 0 Å². The predicted octanol–water partition coefficient (Wildman–Crippen LogP) is -1.30. The Hall–Kier alpha value is 2.01. The van der Waals surface area contributed by atoms with Crippen molar-refractivity contribution in [1.82, 2.24) is 0 Å². The molecule has 0 heterocycles. The summed E-state index contributed by atoms with van der Waals surface area (Å²) in [5.41, 5.74) is 0. The van der Waals surface area contributed by atoms with Gasteiger partial charge in [0.15, 0.2) is 0 Å². The van der Waals surface area contributed by atoms with E-state index in [0.29, 0.717) is 0 Å². The number of hydrogen-bond donors (Lipinski definition) is 2. The fourth-order valence-electron chi connectivity index (χ4n) is 0. The fourth-order valence-corrected chi connectivity index (χ4v) is 0. The van der Waals surface area contributed by atoms with E-state index >= 15 is 0 Å². The summed E-state index contributed by atoms with van der Waals surface area (Å²) in [4.78, 5) is 0. The molecule has 0 aliphatic heterocycles. The molecule has 0 atom stereocenters. The Bertz CT molecular complexity index is 94.9. The van der Waals surface area contributed by atoms with Gasteiger partial charge in [0.05, 0.1) is 0 Å². The van der Waals surface area contributed by atoms with Gasteiger partial charge in [0.25, 0.3) is 0 Å². The molecule has 0 aromatic heterocycles. The summed E-state index contributed by atoms with van der Waals surface area (Å²) < 4.78 is 31.6. The maximum atomic E-state index is 8.74. The van der Waals surface area contributed by atoms with E-state index in [0.717, 1.165) is 0 Å². The average molecular weight is 197 g/mol. The van der Waals surface area contributed by atoms with Gasteiger partial charge in [-0.2, -0.15) is 8.42 Å². The van der Waals surface area contributed by atoms with Crippen LogP contribution in [0.15, 0.2) is 0 Å². The van der Waals surface area contributed by atoms with Crippen LogP contribution in [0, 0.1) is 0 Å². The Morgan fingerprint density at radius 3 is 1.14 bits per heavy atom. The van der Waals surface area contributed by atoms with Gasteiger partial charge in [-0.1, -0.05) is 0 Å².